The summed E-state index contributed by atoms with van der Waals surface area (Å²) in [6, 6.07) is 4.78. The van der Waals surface area contributed by atoms with Crippen LogP contribution < -0.4 is 4.57 Å². The lowest BCUT2D eigenvalue weighted by Crippen LogP contribution is -2.25. The maximum absolute atomic E-state index is 4.65. The molecule has 1 aliphatic rings. The van der Waals surface area contributed by atoms with Crippen LogP contribution in [0.25, 0.3) is 0 Å². The minimum absolute atomic E-state index is 0.577. The summed E-state index contributed by atoms with van der Waals surface area (Å²) >= 11 is 0. The fourth-order valence-corrected chi connectivity index (χ4v) is 2.02. The van der Waals surface area contributed by atoms with Crippen LogP contribution in [-0.4, -0.2) is 12.3 Å². The number of aryl methyl sites for hydroxylation is 1. The quantitative estimate of drug-likeness (QED) is 0.518. The van der Waals surface area contributed by atoms with E-state index in [1.807, 2.05) is 17.8 Å². The van der Waals surface area contributed by atoms with Gasteiger partial charge in [0.1, 0.15) is 7.05 Å². The lowest BCUT2D eigenvalue weighted by atomic mass is 9.96. The summed E-state index contributed by atoms with van der Waals surface area (Å²) in [6.07, 6.45) is 12.8. The first kappa shape index (κ1) is 10.3. The standard InChI is InChI=1S/C13H19N2/c1-15-9-7-12(8-10-15)11-14-13-5-3-2-4-6-13/h7-11,13H,2-6H2,1H3/q+1. The molecular weight excluding hydrogens is 184 g/mol. The molecule has 80 valence electrons. The van der Waals surface area contributed by atoms with Crippen molar-refractivity contribution in [3.05, 3.63) is 30.1 Å². The average Bonchev–Trinajstić information content (AvgIpc) is 2.30. The molecule has 0 amide bonds. The molecule has 0 atom stereocenters. The minimum Gasteiger partial charge on any atom is -0.289 e. The number of nitrogens with zero attached hydrogens (tertiary/aromatic N) is 2. The normalized spacial score (nSPS) is 18.5. The molecule has 0 saturated heterocycles. The van der Waals surface area contributed by atoms with Crippen molar-refractivity contribution in [3.8, 4) is 0 Å². The van der Waals surface area contributed by atoms with Gasteiger partial charge in [0, 0.05) is 30.0 Å². The van der Waals surface area contributed by atoms with Crippen LogP contribution in [0.15, 0.2) is 29.5 Å². The van der Waals surface area contributed by atoms with E-state index in [2.05, 4.69) is 29.5 Å². The molecule has 0 aromatic carbocycles. The van der Waals surface area contributed by atoms with E-state index < -0.39 is 0 Å². The second-order valence-corrected chi connectivity index (χ2v) is 4.37. The second kappa shape index (κ2) is 5.06. The van der Waals surface area contributed by atoms with Gasteiger partial charge >= 0.3 is 0 Å². The molecule has 15 heavy (non-hydrogen) atoms. The molecule has 0 spiro atoms. The molecule has 0 bridgehead atoms. The molecule has 1 fully saturated rings. The molecule has 1 heterocycles. The minimum atomic E-state index is 0.577. The number of hydrogen-bond donors (Lipinski definition) is 0. The Balaban J connectivity index is 1.95. The predicted octanol–water partition coefficient (Wildman–Crippen LogP) is 2.26. The number of hydrogen-bond acceptors (Lipinski definition) is 1. The molecule has 1 aromatic rings. The molecule has 2 rings (SSSR count). The van der Waals surface area contributed by atoms with Crippen LogP contribution >= 0.6 is 0 Å². The molecule has 2 nitrogen and oxygen atoms in total. The summed E-state index contributed by atoms with van der Waals surface area (Å²) in [4.78, 5) is 4.65. The molecule has 0 N–H and O–H groups in total. The van der Waals surface area contributed by atoms with E-state index in [1.165, 1.54) is 37.7 Å². The highest BCUT2D eigenvalue weighted by molar-refractivity contribution is 5.79. The van der Waals surface area contributed by atoms with E-state index >= 15 is 0 Å². The van der Waals surface area contributed by atoms with Gasteiger partial charge in [0.05, 0.1) is 0 Å². The lowest BCUT2D eigenvalue weighted by Gasteiger charge is -2.16. The van der Waals surface area contributed by atoms with Crippen LogP contribution in [0.3, 0.4) is 0 Å². The van der Waals surface area contributed by atoms with Crippen LogP contribution in [0.5, 0.6) is 0 Å². The van der Waals surface area contributed by atoms with Crippen molar-refractivity contribution in [2.24, 2.45) is 12.0 Å². The van der Waals surface area contributed by atoms with Gasteiger partial charge in [-0.3, -0.25) is 4.99 Å². The first-order chi connectivity index (χ1) is 7.34. The van der Waals surface area contributed by atoms with Crippen LogP contribution in [0, 0.1) is 0 Å². The third-order valence-corrected chi connectivity index (χ3v) is 3.01. The summed E-state index contributed by atoms with van der Waals surface area (Å²) < 4.78 is 2.04. The van der Waals surface area contributed by atoms with Crippen molar-refractivity contribution in [2.45, 2.75) is 38.1 Å². The molecule has 0 unspecified atom stereocenters. The maximum Gasteiger partial charge on any atom is 0.169 e. The molecule has 0 radical (unpaired) electrons. The first-order valence-corrected chi connectivity index (χ1v) is 5.83. The molecular formula is C13H19N2+. The van der Waals surface area contributed by atoms with Gasteiger partial charge in [0.15, 0.2) is 12.4 Å². The zero-order valence-corrected chi connectivity index (χ0v) is 9.39. The highest BCUT2D eigenvalue weighted by Crippen LogP contribution is 2.19. The van der Waals surface area contributed by atoms with Crippen molar-refractivity contribution < 1.29 is 4.57 Å². The van der Waals surface area contributed by atoms with Crippen LogP contribution in [0.1, 0.15) is 37.7 Å². The molecule has 1 aliphatic carbocycles. The zero-order chi connectivity index (χ0) is 10.5. The van der Waals surface area contributed by atoms with Gasteiger partial charge in [-0.15, -0.1) is 0 Å². The Morgan fingerprint density at radius 3 is 2.53 bits per heavy atom. The van der Waals surface area contributed by atoms with Crippen LogP contribution in [0.2, 0.25) is 0 Å². The SMILES string of the molecule is C[n+]1ccc(C=NC2CCCCC2)cc1. The van der Waals surface area contributed by atoms with Gasteiger partial charge < -0.3 is 0 Å². The Hall–Kier alpha value is -1.18. The Kier molecular flexibility index (Phi) is 3.49. The van der Waals surface area contributed by atoms with E-state index in [-0.39, 0.29) is 0 Å². The Morgan fingerprint density at radius 2 is 1.87 bits per heavy atom. The number of aromatic nitrogens is 1. The summed E-state index contributed by atoms with van der Waals surface area (Å²) in [7, 11) is 2.03. The number of aliphatic imine (C=N–C) groups is 1. The molecule has 1 aromatic heterocycles. The Bertz CT molecular complexity index is 321. The third kappa shape index (κ3) is 3.15. The predicted molar refractivity (Wildman–Crippen MR) is 62.1 cm³/mol. The van der Waals surface area contributed by atoms with Gasteiger partial charge in [-0.1, -0.05) is 19.3 Å². The van der Waals surface area contributed by atoms with Crippen LogP contribution in [0.4, 0.5) is 0 Å². The average molecular weight is 203 g/mol. The molecule has 0 aliphatic heterocycles. The van der Waals surface area contributed by atoms with Gasteiger partial charge in [0.2, 0.25) is 0 Å². The summed E-state index contributed by atoms with van der Waals surface area (Å²) in [5.74, 6) is 0. The van der Waals surface area contributed by atoms with E-state index in [0.717, 1.165) is 0 Å². The summed E-state index contributed by atoms with van der Waals surface area (Å²) in [5.41, 5.74) is 1.21. The van der Waals surface area contributed by atoms with Gasteiger partial charge in [-0.2, -0.15) is 0 Å². The van der Waals surface area contributed by atoms with Crippen molar-refractivity contribution >= 4 is 6.21 Å². The lowest BCUT2D eigenvalue weighted by molar-refractivity contribution is -0.671. The topological polar surface area (TPSA) is 16.2 Å². The van der Waals surface area contributed by atoms with E-state index in [4.69, 9.17) is 0 Å². The van der Waals surface area contributed by atoms with Crippen molar-refractivity contribution in [1.82, 2.24) is 0 Å². The fraction of sp³-hybridized carbons (Fsp3) is 0.538. The zero-order valence-electron chi connectivity index (χ0n) is 9.39. The van der Waals surface area contributed by atoms with Gasteiger partial charge in [-0.05, 0) is 12.8 Å². The molecule has 2 heteroatoms. The van der Waals surface area contributed by atoms with Gasteiger partial charge in [0.25, 0.3) is 0 Å². The number of rotatable bonds is 2. The van der Waals surface area contributed by atoms with Crippen LogP contribution in [-0.2, 0) is 7.05 Å². The fourth-order valence-electron chi connectivity index (χ4n) is 2.02. The Morgan fingerprint density at radius 1 is 1.20 bits per heavy atom. The smallest absolute Gasteiger partial charge is 0.169 e. The largest absolute Gasteiger partial charge is 0.289 e. The molecule has 1 saturated carbocycles. The third-order valence-electron chi connectivity index (χ3n) is 3.01. The summed E-state index contributed by atoms with van der Waals surface area (Å²) in [5, 5.41) is 0. The first-order valence-electron chi connectivity index (χ1n) is 5.83. The van der Waals surface area contributed by atoms with Gasteiger partial charge in [-0.25, -0.2) is 4.57 Å². The van der Waals surface area contributed by atoms with E-state index in [9.17, 15) is 0 Å². The summed E-state index contributed by atoms with van der Waals surface area (Å²) in [6.45, 7) is 0. The van der Waals surface area contributed by atoms with E-state index in [0.29, 0.717) is 6.04 Å². The maximum atomic E-state index is 4.65. The second-order valence-electron chi connectivity index (χ2n) is 4.37. The monoisotopic (exact) mass is 203 g/mol. The highest BCUT2D eigenvalue weighted by atomic mass is 14.9. The van der Waals surface area contributed by atoms with E-state index in [1.54, 1.807) is 0 Å². The van der Waals surface area contributed by atoms with Crippen molar-refractivity contribution in [1.29, 1.82) is 0 Å². The van der Waals surface area contributed by atoms with Crippen molar-refractivity contribution in [2.75, 3.05) is 0 Å². The van der Waals surface area contributed by atoms with Crippen molar-refractivity contribution in [3.63, 3.8) is 0 Å². The Labute approximate surface area is 91.7 Å². The number of pyridine rings is 1. The highest BCUT2D eigenvalue weighted by Gasteiger charge is 2.10.